The fourth-order valence-electron chi connectivity index (χ4n) is 9.29. The highest BCUT2D eigenvalue weighted by Gasteiger charge is 2.19. The van der Waals surface area contributed by atoms with Gasteiger partial charge < -0.3 is 9.47 Å². The van der Waals surface area contributed by atoms with E-state index < -0.39 is 0 Å². The molecule has 0 saturated heterocycles. The summed E-state index contributed by atoms with van der Waals surface area (Å²) in [6, 6.07) is 84.2. The summed E-state index contributed by atoms with van der Waals surface area (Å²) in [6.45, 7) is 0. The average molecular weight is 795 g/mol. The maximum absolute atomic E-state index is 2.41. The number of aromatic nitrogens is 1. The van der Waals surface area contributed by atoms with Crippen molar-refractivity contribution in [3.8, 4) is 39.1 Å². The molecule has 0 fully saturated rings. The monoisotopic (exact) mass is 794 g/mol. The van der Waals surface area contributed by atoms with E-state index in [1.54, 1.807) is 0 Å². The summed E-state index contributed by atoms with van der Waals surface area (Å²) in [7, 11) is 0. The van der Waals surface area contributed by atoms with E-state index >= 15 is 0 Å². The van der Waals surface area contributed by atoms with Gasteiger partial charge in [0.1, 0.15) is 0 Å². The van der Waals surface area contributed by atoms with Gasteiger partial charge in [-0.1, -0.05) is 152 Å². The molecule has 2 nitrogen and oxygen atoms in total. The first-order valence-corrected chi connectivity index (χ1v) is 21.6. The van der Waals surface area contributed by atoms with Gasteiger partial charge in [0.2, 0.25) is 0 Å². The van der Waals surface area contributed by atoms with Crippen molar-refractivity contribution in [1.82, 2.24) is 4.57 Å². The number of rotatable bonds is 7. The van der Waals surface area contributed by atoms with Gasteiger partial charge in [-0.3, -0.25) is 0 Å². The highest BCUT2D eigenvalue weighted by atomic mass is 32.1. The van der Waals surface area contributed by atoms with Crippen LogP contribution in [0.5, 0.6) is 0 Å². The van der Waals surface area contributed by atoms with E-state index in [0.29, 0.717) is 0 Å². The second kappa shape index (κ2) is 14.5. The molecule has 10 aromatic carbocycles. The first-order valence-electron chi connectivity index (χ1n) is 20.8. The molecule has 0 aliphatic rings. The van der Waals surface area contributed by atoms with Crippen molar-refractivity contribution in [1.29, 1.82) is 0 Å². The molecule has 0 atom stereocenters. The van der Waals surface area contributed by atoms with Crippen LogP contribution in [0.1, 0.15) is 0 Å². The van der Waals surface area contributed by atoms with Crippen molar-refractivity contribution >= 4 is 81.1 Å². The van der Waals surface area contributed by atoms with Gasteiger partial charge in [0.05, 0.1) is 16.7 Å². The van der Waals surface area contributed by atoms with E-state index in [-0.39, 0.29) is 0 Å². The molecular formula is C58H38N2S. The van der Waals surface area contributed by atoms with Crippen LogP contribution >= 0.6 is 11.3 Å². The van der Waals surface area contributed by atoms with E-state index in [1.165, 1.54) is 91.8 Å². The molecule has 0 bridgehead atoms. The van der Waals surface area contributed by atoms with Gasteiger partial charge >= 0.3 is 0 Å². The topological polar surface area (TPSA) is 8.17 Å². The summed E-state index contributed by atoms with van der Waals surface area (Å²) in [4.78, 5) is 2.41. The second-order valence-electron chi connectivity index (χ2n) is 15.7. The lowest BCUT2D eigenvalue weighted by Crippen LogP contribution is -2.10. The minimum absolute atomic E-state index is 1.10. The SMILES string of the molecule is c1ccc(-c2ccc(N(c3ccc(-c4ccc5sc6ccccc6c5c4)cc3)c3ccc(-c4ccc5c(c4)c4ccccc4n5-c4ccccc4)c4ccccc34)cc2)cc1. The van der Waals surface area contributed by atoms with Gasteiger partial charge in [-0.15, -0.1) is 11.3 Å². The smallest absolute Gasteiger partial charge is 0.0541 e. The van der Waals surface area contributed by atoms with E-state index in [4.69, 9.17) is 0 Å². The van der Waals surface area contributed by atoms with Crippen molar-refractivity contribution in [3.05, 3.63) is 231 Å². The van der Waals surface area contributed by atoms with E-state index in [1.807, 2.05) is 11.3 Å². The molecule has 0 aliphatic carbocycles. The van der Waals surface area contributed by atoms with Crippen LogP contribution in [-0.4, -0.2) is 4.57 Å². The Balaban J connectivity index is 0.992. The number of hydrogen-bond donors (Lipinski definition) is 0. The number of fused-ring (bicyclic) bond motifs is 7. The van der Waals surface area contributed by atoms with Gasteiger partial charge in [-0.25, -0.2) is 0 Å². The lowest BCUT2D eigenvalue weighted by Gasteiger charge is -2.28. The lowest BCUT2D eigenvalue weighted by molar-refractivity contribution is 1.18. The first-order chi connectivity index (χ1) is 30.2. The molecule has 61 heavy (non-hydrogen) atoms. The third-order valence-electron chi connectivity index (χ3n) is 12.2. The molecule has 0 unspecified atom stereocenters. The van der Waals surface area contributed by atoms with Gasteiger partial charge in [0.15, 0.2) is 0 Å². The van der Waals surface area contributed by atoms with Crippen LogP contribution in [0.15, 0.2) is 231 Å². The van der Waals surface area contributed by atoms with Crippen molar-refractivity contribution in [2.24, 2.45) is 0 Å². The minimum Gasteiger partial charge on any atom is -0.310 e. The Hall–Kier alpha value is -7.72. The Bertz CT molecular complexity index is 3560. The summed E-state index contributed by atoms with van der Waals surface area (Å²) < 4.78 is 5.03. The van der Waals surface area contributed by atoms with Crippen LogP contribution in [0.2, 0.25) is 0 Å². The van der Waals surface area contributed by atoms with Crippen LogP contribution in [0.4, 0.5) is 17.1 Å². The fourth-order valence-corrected chi connectivity index (χ4v) is 10.4. The fraction of sp³-hybridized carbons (Fsp3) is 0. The molecule has 0 amide bonds. The number of anilines is 3. The van der Waals surface area contributed by atoms with Gasteiger partial charge in [-0.05, 0) is 118 Å². The second-order valence-corrected chi connectivity index (χ2v) is 16.8. The third kappa shape index (κ3) is 6.01. The Morgan fingerprint density at radius 1 is 0.311 bits per heavy atom. The van der Waals surface area contributed by atoms with Gasteiger partial charge in [0, 0.05) is 53.4 Å². The van der Waals surface area contributed by atoms with Crippen LogP contribution < -0.4 is 4.90 Å². The van der Waals surface area contributed by atoms with Crippen molar-refractivity contribution in [2.75, 3.05) is 4.90 Å². The Kier molecular flexibility index (Phi) is 8.39. The maximum atomic E-state index is 2.41. The molecule has 12 rings (SSSR count). The van der Waals surface area contributed by atoms with Gasteiger partial charge in [0.25, 0.3) is 0 Å². The molecular weight excluding hydrogens is 757 g/mol. The predicted molar refractivity (Wildman–Crippen MR) is 262 cm³/mol. The van der Waals surface area contributed by atoms with Crippen LogP contribution in [-0.2, 0) is 0 Å². The van der Waals surface area contributed by atoms with Crippen molar-refractivity contribution < 1.29 is 0 Å². The Morgan fingerprint density at radius 2 is 0.836 bits per heavy atom. The average Bonchev–Trinajstić information content (AvgIpc) is 3.88. The van der Waals surface area contributed by atoms with E-state index in [0.717, 1.165) is 17.1 Å². The predicted octanol–water partition coefficient (Wildman–Crippen LogP) is 16.8. The standard InChI is InChI=1S/C58H38N2S/c1-3-13-39(14-4-1)40-23-29-45(30-24-40)59(46-31-25-41(26-32-46)42-28-36-58-53(37-42)51-20-10-12-22-57(51)61-58)55-35-33-47(48-17-7-8-18-49(48)55)43-27-34-56-52(38-43)50-19-9-11-21-54(50)60(56)44-15-5-2-6-16-44/h1-38H. The van der Waals surface area contributed by atoms with E-state index in [9.17, 15) is 0 Å². The normalized spacial score (nSPS) is 11.6. The molecule has 0 radical (unpaired) electrons. The van der Waals surface area contributed by atoms with Crippen molar-refractivity contribution in [2.45, 2.75) is 0 Å². The molecule has 0 saturated carbocycles. The zero-order chi connectivity index (χ0) is 40.3. The molecule has 2 heterocycles. The molecule has 0 spiro atoms. The third-order valence-corrected chi connectivity index (χ3v) is 13.4. The minimum atomic E-state index is 1.10. The molecule has 2 aromatic heterocycles. The number of nitrogens with zero attached hydrogens (tertiary/aromatic N) is 2. The zero-order valence-corrected chi connectivity index (χ0v) is 34.1. The van der Waals surface area contributed by atoms with Crippen LogP contribution in [0.3, 0.4) is 0 Å². The van der Waals surface area contributed by atoms with Crippen molar-refractivity contribution in [3.63, 3.8) is 0 Å². The molecule has 3 heteroatoms. The largest absolute Gasteiger partial charge is 0.310 e. The molecule has 12 aromatic rings. The zero-order valence-electron chi connectivity index (χ0n) is 33.2. The molecule has 0 aliphatic heterocycles. The molecule has 0 N–H and O–H groups in total. The molecule has 286 valence electrons. The number of benzene rings is 10. The quantitative estimate of drug-likeness (QED) is 0.156. The number of thiophene rings is 1. The first kappa shape index (κ1) is 35.2. The van der Waals surface area contributed by atoms with E-state index in [2.05, 4.69) is 240 Å². The number of hydrogen-bond acceptors (Lipinski definition) is 2. The summed E-state index contributed by atoms with van der Waals surface area (Å²) in [5.41, 5.74) is 14.1. The van der Waals surface area contributed by atoms with Gasteiger partial charge in [-0.2, -0.15) is 0 Å². The highest BCUT2D eigenvalue weighted by Crippen LogP contribution is 2.44. The summed E-state index contributed by atoms with van der Waals surface area (Å²) in [5, 5.41) is 7.54. The van der Waals surface area contributed by atoms with Crippen LogP contribution in [0, 0.1) is 0 Å². The highest BCUT2D eigenvalue weighted by molar-refractivity contribution is 7.25. The Labute approximate surface area is 358 Å². The summed E-state index contributed by atoms with van der Waals surface area (Å²) >= 11 is 1.86. The maximum Gasteiger partial charge on any atom is 0.0541 e. The summed E-state index contributed by atoms with van der Waals surface area (Å²) in [5.74, 6) is 0. The summed E-state index contributed by atoms with van der Waals surface area (Å²) in [6.07, 6.45) is 0. The Morgan fingerprint density at radius 3 is 1.59 bits per heavy atom. The lowest BCUT2D eigenvalue weighted by atomic mass is 9.95. The van der Waals surface area contributed by atoms with Crippen LogP contribution in [0.25, 0.3) is 91.8 Å². The number of para-hydroxylation sites is 2.